The Balaban J connectivity index is 1.46. The Morgan fingerprint density at radius 3 is 2.37 bits per heavy atom. The summed E-state index contributed by atoms with van der Waals surface area (Å²) in [5.41, 5.74) is 0. The molecule has 0 amide bonds. The van der Waals surface area contributed by atoms with Gasteiger partial charge in [-0.05, 0) is 45.1 Å². The van der Waals surface area contributed by atoms with Gasteiger partial charge in [-0.1, -0.05) is 19.3 Å². The predicted molar refractivity (Wildman–Crippen MR) is 78.4 cm³/mol. The molecule has 1 saturated carbocycles. The Morgan fingerprint density at radius 1 is 0.789 bits per heavy atom. The van der Waals surface area contributed by atoms with Gasteiger partial charge >= 0.3 is 0 Å². The lowest BCUT2D eigenvalue weighted by Crippen LogP contribution is -2.53. The minimum Gasteiger partial charge on any atom is -0.381 e. The number of ether oxygens (including phenoxy) is 1. The summed E-state index contributed by atoms with van der Waals surface area (Å²) in [5, 5.41) is 3.91. The van der Waals surface area contributed by atoms with E-state index in [-0.39, 0.29) is 0 Å². The number of nitrogens with zero attached hydrogens (tertiary/aromatic N) is 1. The van der Waals surface area contributed by atoms with Gasteiger partial charge in [-0.15, -0.1) is 0 Å². The first-order valence-corrected chi connectivity index (χ1v) is 8.49. The van der Waals surface area contributed by atoms with Gasteiger partial charge in [-0.2, -0.15) is 0 Å². The molecule has 0 bridgehead atoms. The van der Waals surface area contributed by atoms with Gasteiger partial charge in [0.1, 0.15) is 0 Å². The smallest absolute Gasteiger partial charge is 0.0480 e. The SMILES string of the molecule is C1CCC(N2CCCC(NC3CCOCC3)C2)CC1. The first kappa shape index (κ1) is 13.8. The molecule has 2 saturated heterocycles. The Hall–Kier alpha value is -0.120. The number of hydrogen-bond acceptors (Lipinski definition) is 3. The second-order valence-corrected chi connectivity index (χ2v) is 6.68. The van der Waals surface area contributed by atoms with Gasteiger partial charge in [0, 0.05) is 37.9 Å². The molecule has 3 rings (SSSR count). The molecular weight excluding hydrogens is 236 g/mol. The molecule has 1 aliphatic carbocycles. The van der Waals surface area contributed by atoms with E-state index in [1.807, 2.05) is 0 Å². The first-order valence-electron chi connectivity index (χ1n) is 8.49. The van der Waals surface area contributed by atoms with Crippen LogP contribution in [-0.2, 0) is 4.74 Å². The van der Waals surface area contributed by atoms with Crippen molar-refractivity contribution < 1.29 is 4.74 Å². The van der Waals surface area contributed by atoms with Crippen molar-refractivity contribution in [2.45, 2.75) is 75.9 Å². The van der Waals surface area contributed by atoms with Crippen molar-refractivity contribution >= 4 is 0 Å². The van der Waals surface area contributed by atoms with Crippen LogP contribution in [0.1, 0.15) is 57.8 Å². The maximum absolute atomic E-state index is 5.45. The zero-order valence-electron chi connectivity index (χ0n) is 12.3. The zero-order valence-corrected chi connectivity index (χ0v) is 12.3. The zero-order chi connectivity index (χ0) is 12.9. The molecule has 1 atom stereocenters. The van der Waals surface area contributed by atoms with E-state index in [0.717, 1.165) is 25.3 Å². The maximum Gasteiger partial charge on any atom is 0.0480 e. The molecule has 1 N–H and O–H groups in total. The van der Waals surface area contributed by atoms with E-state index < -0.39 is 0 Å². The summed E-state index contributed by atoms with van der Waals surface area (Å²) in [6, 6.07) is 2.34. The third kappa shape index (κ3) is 3.93. The molecule has 2 aliphatic heterocycles. The maximum atomic E-state index is 5.45. The minimum atomic E-state index is 0.713. The minimum absolute atomic E-state index is 0.713. The van der Waals surface area contributed by atoms with Crippen molar-refractivity contribution in [3.05, 3.63) is 0 Å². The van der Waals surface area contributed by atoms with Crippen LogP contribution in [0.25, 0.3) is 0 Å². The summed E-state index contributed by atoms with van der Waals surface area (Å²) >= 11 is 0. The van der Waals surface area contributed by atoms with Gasteiger partial charge in [0.15, 0.2) is 0 Å². The molecule has 3 nitrogen and oxygen atoms in total. The van der Waals surface area contributed by atoms with Crippen LogP contribution in [0.5, 0.6) is 0 Å². The fraction of sp³-hybridized carbons (Fsp3) is 1.00. The summed E-state index contributed by atoms with van der Waals surface area (Å²) in [6.07, 6.45) is 12.5. The van der Waals surface area contributed by atoms with E-state index >= 15 is 0 Å². The van der Waals surface area contributed by atoms with Crippen LogP contribution in [0.3, 0.4) is 0 Å². The van der Waals surface area contributed by atoms with Crippen LogP contribution in [0.4, 0.5) is 0 Å². The van der Waals surface area contributed by atoms with E-state index in [1.54, 1.807) is 0 Å². The van der Waals surface area contributed by atoms with E-state index in [0.29, 0.717) is 6.04 Å². The average molecular weight is 266 g/mol. The molecular formula is C16H30N2O. The summed E-state index contributed by atoms with van der Waals surface area (Å²) < 4.78 is 5.45. The van der Waals surface area contributed by atoms with Crippen molar-refractivity contribution in [2.75, 3.05) is 26.3 Å². The molecule has 3 aliphatic rings. The molecule has 3 heteroatoms. The quantitative estimate of drug-likeness (QED) is 0.849. The van der Waals surface area contributed by atoms with Gasteiger partial charge in [0.25, 0.3) is 0 Å². The topological polar surface area (TPSA) is 24.5 Å². The lowest BCUT2D eigenvalue weighted by molar-refractivity contribution is 0.0625. The van der Waals surface area contributed by atoms with Gasteiger partial charge in [0.05, 0.1) is 0 Å². The van der Waals surface area contributed by atoms with E-state index in [4.69, 9.17) is 4.74 Å². The molecule has 0 aromatic heterocycles. The van der Waals surface area contributed by atoms with Crippen molar-refractivity contribution in [2.24, 2.45) is 0 Å². The number of hydrogen-bond donors (Lipinski definition) is 1. The molecule has 0 aromatic carbocycles. The molecule has 0 spiro atoms. The molecule has 1 unspecified atom stereocenters. The summed E-state index contributed by atoms with van der Waals surface area (Å²) in [5.74, 6) is 0. The summed E-state index contributed by atoms with van der Waals surface area (Å²) in [7, 11) is 0. The van der Waals surface area contributed by atoms with Crippen LogP contribution < -0.4 is 5.32 Å². The summed E-state index contributed by atoms with van der Waals surface area (Å²) in [6.45, 7) is 4.55. The van der Waals surface area contributed by atoms with E-state index in [2.05, 4.69) is 10.2 Å². The Morgan fingerprint density at radius 2 is 1.58 bits per heavy atom. The highest BCUT2D eigenvalue weighted by Gasteiger charge is 2.28. The third-order valence-electron chi connectivity index (χ3n) is 5.24. The Labute approximate surface area is 118 Å². The van der Waals surface area contributed by atoms with Crippen molar-refractivity contribution in [3.8, 4) is 0 Å². The van der Waals surface area contributed by atoms with Gasteiger partial charge in [0.2, 0.25) is 0 Å². The largest absolute Gasteiger partial charge is 0.381 e. The molecule has 2 heterocycles. The van der Waals surface area contributed by atoms with Crippen LogP contribution in [0, 0.1) is 0 Å². The fourth-order valence-electron chi connectivity index (χ4n) is 4.12. The molecule has 110 valence electrons. The standard InChI is InChI=1S/C16H30N2O/c1-2-6-16(7-3-1)18-10-4-5-15(13-18)17-14-8-11-19-12-9-14/h14-17H,1-13H2. The summed E-state index contributed by atoms with van der Waals surface area (Å²) in [4.78, 5) is 2.79. The second kappa shape index (κ2) is 7.05. The van der Waals surface area contributed by atoms with Crippen LogP contribution >= 0.6 is 0 Å². The number of nitrogens with one attached hydrogen (secondary N) is 1. The van der Waals surface area contributed by atoms with Crippen molar-refractivity contribution in [1.82, 2.24) is 10.2 Å². The Kier molecular flexibility index (Phi) is 5.14. The van der Waals surface area contributed by atoms with Crippen molar-refractivity contribution in [1.29, 1.82) is 0 Å². The highest BCUT2D eigenvalue weighted by Crippen LogP contribution is 2.25. The van der Waals surface area contributed by atoms with E-state index in [1.165, 1.54) is 70.9 Å². The number of rotatable bonds is 3. The average Bonchev–Trinajstić information content (AvgIpc) is 2.49. The van der Waals surface area contributed by atoms with Gasteiger partial charge < -0.3 is 10.1 Å². The number of piperidine rings is 1. The molecule has 19 heavy (non-hydrogen) atoms. The highest BCUT2D eigenvalue weighted by atomic mass is 16.5. The van der Waals surface area contributed by atoms with Crippen molar-refractivity contribution in [3.63, 3.8) is 0 Å². The first-order chi connectivity index (χ1) is 9.42. The molecule has 3 fully saturated rings. The number of likely N-dealkylation sites (tertiary alicyclic amines) is 1. The lowest BCUT2D eigenvalue weighted by atomic mass is 9.92. The fourth-order valence-corrected chi connectivity index (χ4v) is 4.12. The molecule has 0 aromatic rings. The van der Waals surface area contributed by atoms with E-state index in [9.17, 15) is 0 Å². The highest BCUT2D eigenvalue weighted by molar-refractivity contribution is 4.86. The van der Waals surface area contributed by atoms with Gasteiger partial charge in [-0.25, -0.2) is 0 Å². The third-order valence-corrected chi connectivity index (χ3v) is 5.24. The Bertz CT molecular complexity index is 259. The van der Waals surface area contributed by atoms with Crippen LogP contribution in [0.15, 0.2) is 0 Å². The normalized spacial score (nSPS) is 32.5. The van der Waals surface area contributed by atoms with Crippen LogP contribution in [0.2, 0.25) is 0 Å². The van der Waals surface area contributed by atoms with Gasteiger partial charge in [-0.3, -0.25) is 4.90 Å². The second-order valence-electron chi connectivity index (χ2n) is 6.68. The predicted octanol–water partition coefficient (Wildman–Crippen LogP) is 2.55. The monoisotopic (exact) mass is 266 g/mol. The molecule has 0 radical (unpaired) electrons. The lowest BCUT2D eigenvalue weighted by Gasteiger charge is -2.41. The van der Waals surface area contributed by atoms with Crippen LogP contribution in [-0.4, -0.2) is 49.3 Å².